The Balaban J connectivity index is 0.952. The number of benzene rings is 11. The Bertz CT molecular complexity index is 3960. The number of hydrogen-bond acceptors (Lipinski definition) is 1. The molecule has 69 heavy (non-hydrogen) atoms. The Kier molecular flexibility index (Phi) is 8.84. The van der Waals surface area contributed by atoms with Gasteiger partial charge in [-0.05, 0) is 121 Å². The molecule has 0 radical (unpaired) electrons. The topological polar surface area (TPSA) is 8.17 Å². The molecular weight excluding hydrogens is 833 g/mol. The molecule has 0 saturated carbocycles. The van der Waals surface area contributed by atoms with E-state index in [0.717, 1.165) is 28.2 Å². The molecule has 1 atom stereocenters. The third kappa shape index (κ3) is 5.92. The Labute approximate surface area is 402 Å². The predicted molar refractivity (Wildman–Crippen MR) is 288 cm³/mol. The van der Waals surface area contributed by atoms with Crippen LogP contribution in [0.4, 0.5) is 17.1 Å². The van der Waals surface area contributed by atoms with Crippen molar-refractivity contribution >= 4 is 38.9 Å². The lowest BCUT2D eigenvalue weighted by molar-refractivity contribution is 0.749. The van der Waals surface area contributed by atoms with E-state index in [4.69, 9.17) is 0 Å². The van der Waals surface area contributed by atoms with Crippen molar-refractivity contribution in [2.75, 3.05) is 4.90 Å². The monoisotopic (exact) mass is 876 g/mol. The lowest BCUT2D eigenvalue weighted by atomic mass is 9.65. The lowest BCUT2D eigenvalue weighted by Gasteiger charge is -2.39. The molecule has 1 unspecified atom stereocenters. The van der Waals surface area contributed by atoms with E-state index in [-0.39, 0.29) is 0 Å². The van der Waals surface area contributed by atoms with Gasteiger partial charge in [0, 0.05) is 27.7 Å². The second kappa shape index (κ2) is 15.6. The minimum absolute atomic E-state index is 0.527. The fourth-order valence-electron chi connectivity index (χ4n) is 11.8. The number of nitrogens with zero attached hydrogens (tertiary/aromatic N) is 2. The van der Waals surface area contributed by atoms with Crippen LogP contribution in [0.25, 0.3) is 83.1 Å². The molecular formula is C67H44N2. The van der Waals surface area contributed by atoms with E-state index in [1.165, 1.54) is 94.3 Å². The lowest BCUT2D eigenvalue weighted by Crippen LogP contribution is -2.33. The fraction of sp³-hybridized carbons (Fsp3) is 0.0149. The Hall–Kier alpha value is -8.98. The van der Waals surface area contributed by atoms with Gasteiger partial charge in [-0.3, -0.25) is 0 Å². The van der Waals surface area contributed by atoms with E-state index in [0.29, 0.717) is 0 Å². The van der Waals surface area contributed by atoms with E-state index < -0.39 is 5.41 Å². The first kappa shape index (κ1) is 39.2. The summed E-state index contributed by atoms with van der Waals surface area (Å²) in [7, 11) is 0. The number of hydrogen-bond donors (Lipinski definition) is 0. The molecule has 0 amide bonds. The molecule has 2 heteroatoms. The predicted octanol–water partition coefficient (Wildman–Crippen LogP) is 17.6. The standard InChI is InChI=1S/C67H44N2/c1-3-18-45(19-4-1)46-36-38-47(39-37-46)49-22-15-24-52(42-49)68(63-33-12-8-26-54(63)48-20-5-2-6-21-48)53-25-16-23-50(43-53)51-40-41-56-55-27-7-10-30-59(55)67(62(56)44-51)60-31-11-14-35-65(60)69-64-34-13-9-28-57(64)58-29-17-32-61(67)66(58)69/h1-44H. The van der Waals surface area contributed by atoms with Gasteiger partial charge in [0.25, 0.3) is 0 Å². The van der Waals surface area contributed by atoms with Gasteiger partial charge in [-0.15, -0.1) is 0 Å². The normalized spacial score (nSPS) is 14.1. The molecule has 1 aromatic heterocycles. The molecule has 11 aromatic carbocycles. The quantitative estimate of drug-likeness (QED) is 0.155. The number of para-hydroxylation sites is 4. The molecule has 0 bridgehead atoms. The van der Waals surface area contributed by atoms with Crippen molar-refractivity contribution in [1.29, 1.82) is 0 Å². The van der Waals surface area contributed by atoms with Crippen LogP contribution >= 0.6 is 0 Å². The van der Waals surface area contributed by atoms with Crippen LogP contribution in [0.2, 0.25) is 0 Å². The third-order valence-corrected chi connectivity index (χ3v) is 14.8. The van der Waals surface area contributed by atoms with E-state index in [1.807, 2.05) is 0 Å². The minimum atomic E-state index is -0.527. The van der Waals surface area contributed by atoms with Crippen LogP contribution in [0.15, 0.2) is 267 Å². The fourth-order valence-corrected chi connectivity index (χ4v) is 11.8. The van der Waals surface area contributed by atoms with Gasteiger partial charge in [-0.25, -0.2) is 0 Å². The summed E-state index contributed by atoms with van der Waals surface area (Å²) in [4.78, 5) is 2.44. The summed E-state index contributed by atoms with van der Waals surface area (Å²) >= 11 is 0. The zero-order valence-corrected chi connectivity index (χ0v) is 37.8. The van der Waals surface area contributed by atoms with Crippen molar-refractivity contribution < 1.29 is 0 Å². The largest absolute Gasteiger partial charge is 0.310 e. The third-order valence-electron chi connectivity index (χ3n) is 14.8. The first-order chi connectivity index (χ1) is 34.2. The highest BCUT2D eigenvalue weighted by Gasteiger charge is 2.50. The molecule has 1 aliphatic carbocycles. The molecule has 2 aliphatic rings. The Morgan fingerprint density at radius 1 is 0.290 bits per heavy atom. The second-order valence-corrected chi connectivity index (χ2v) is 18.4. The maximum Gasteiger partial charge on any atom is 0.0754 e. The zero-order valence-electron chi connectivity index (χ0n) is 37.8. The first-order valence-corrected chi connectivity index (χ1v) is 23.9. The Morgan fingerprint density at radius 2 is 0.783 bits per heavy atom. The number of aromatic nitrogens is 1. The maximum absolute atomic E-state index is 2.52. The van der Waals surface area contributed by atoms with Crippen LogP contribution in [0, 0.1) is 0 Å². The summed E-state index contributed by atoms with van der Waals surface area (Å²) in [6.45, 7) is 0. The van der Waals surface area contributed by atoms with E-state index in [1.54, 1.807) is 0 Å². The Morgan fingerprint density at radius 3 is 1.55 bits per heavy atom. The van der Waals surface area contributed by atoms with Gasteiger partial charge in [0.2, 0.25) is 0 Å². The number of rotatable bonds is 7. The number of fused-ring (bicyclic) bond motifs is 12. The molecule has 322 valence electrons. The van der Waals surface area contributed by atoms with E-state index in [9.17, 15) is 0 Å². The molecule has 0 fully saturated rings. The highest BCUT2D eigenvalue weighted by molar-refractivity contribution is 6.13. The summed E-state index contributed by atoms with van der Waals surface area (Å²) < 4.78 is 2.52. The van der Waals surface area contributed by atoms with Crippen molar-refractivity contribution in [2.45, 2.75) is 5.41 Å². The molecule has 14 rings (SSSR count). The van der Waals surface area contributed by atoms with Crippen LogP contribution in [0.5, 0.6) is 0 Å². The van der Waals surface area contributed by atoms with Gasteiger partial charge in [0.15, 0.2) is 0 Å². The smallest absolute Gasteiger partial charge is 0.0754 e. The second-order valence-electron chi connectivity index (χ2n) is 18.4. The van der Waals surface area contributed by atoms with Gasteiger partial charge in [0.1, 0.15) is 0 Å². The van der Waals surface area contributed by atoms with Gasteiger partial charge >= 0.3 is 0 Å². The molecule has 0 saturated heterocycles. The molecule has 1 aliphatic heterocycles. The minimum Gasteiger partial charge on any atom is -0.310 e. The molecule has 2 nitrogen and oxygen atoms in total. The molecule has 2 heterocycles. The zero-order chi connectivity index (χ0) is 45.5. The summed E-state index contributed by atoms with van der Waals surface area (Å²) in [6, 6.07) is 98.6. The summed E-state index contributed by atoms with van der Waals surface area (Å²) in [5, 5.41) is 2.57. The van der Waals surface area contributed by atoms with Gasteiger partial charge in [-0.1, -0.05) is 218 Å². The van der Waals surface area contributed by atoms with Crippen LogP contribution in [0.1, 0.15) is 22.3 Å². The van der Waals surface area contributed by atoms with Crippen molar-refractivity contribution in [3.63, 3.8) is 0 Å². The molecule has 0 N–H and O–H groups in total. The van der Waals surface area contributed by atoms with Gasteiger partial charge < -0.3 is 9.47 Å². The molecule has 1 spiro atoms. The van der Waals surface area contributed by atoms with Crippen molar-refractivity contribution in [3.05, 3.63) is 289 Å². The van der Waals surface area contributed by atoms with Crippen LogP contribution in [-0.4, -0.2) is 4.57 Å². The average Bonchev–Trinajstić information content (AvgIpc) is 3.92. The first-order valence-electron chi connectivity index (χ1n) is 23.9. The SMILES string of the molecule is c1ccc(-c2ccc(-c3cccc(N(c4cccc(-c5ccc6c(c5)C5(c7ccccc7-6)c6ccccc6-n6c7ccccc7c7cccc5c76)c4)c4ccccc4-c4ccccc4)c3)cc2)cc1. The average molecular weight is 877 g/mol. The van der Waals surface area contributed by atoms with Crippen LogP contribution in [0.3, 0.4) is 0 Å². The van der Waals surface area contributed by atoms with E-state index >= 15 is 0 Å². The van der Waals surface area contributed by atoms with Crippen molar-refractivity contribution in [2.24, 2.45) is 0 Å². The molecule has 12 aromatic rings. The summed E-state index contributed by atoms with van der Waals surface area (Å²) in [5.41, 5.74) is 23.8. The highest BCUT2D eigenvalue weighted by atomic mass is 15.1. The highest BCUT2D eigenvalue weighted by Crippen LogP contribution is 2.61. The summed E-state index contributed by atoms with van der Waals surface area (Å²) in [6.07, 6.45) is 0. The van der Waals surface area contributed by atoms with E-state index in [2.05, 4.69) is 276 Å². The van der Waals surface area contributed by atoms with Crippen molar-refractivity contribution in [1.82, 2.24) is 4.57 Å². The maximum atomic E-state index is 2.52. The van der Waals surface area contributed by atoms with Gasteiger partial charge in [-0.2, -0.15) is 0 Å². The van der Waals surface area contributed by atoms with Crippen molar-refractivity contribution in [3.8, 4) is 61.3 Å². The number of anilines is 3. The van der Waals surface area contributed by atoms with Crippen LogP contribution in [-0.2, 0) is 5.41 Å². The van der Waals surface area contributed by atoms with Gasteiger partial charge in [0.05, 0.1) is 27.8 Å². The van der Waals surface area contributed by atoms with Crippen LogP contribution < -0.4 is 4.90 Å². The summed E-state index contributed by atoms with van der Waals surface area (Å²) in [5.74, 6) is 0.